The van der Waals surface area contributed by atoms with E-state index in [-0.39, 0.29) is 0 Å². The summed E-state index contributed by atoms with van der Waals surface area (Å²) in [5.74, 6) is -8.27. The highest BCUT2D eigenvalue weighted by atomic mass is 19.4. The van der Waals surface area contributed by atoms with Gasteiger partial charge in [-0.05, 0) is 50.0 Å². The van der Waals surface area contributed by atoms with Gasteiger partial charge in [0.15, 0.2) is 0 Å². The predicted molar refractivity (Wildman–Crippen MR) is 131 cm³/mol. The van der Waals surface area contributed by atoms with Gasteiger partial charge < -0.3 is 29.7 Å². The van der Waals surface area contributed by atoms with E-state index in [1.54, 1.807) is 0 Å². The Kier molecular flexibility index (Phi) is 17.2. The molecule has 3 rings (SSSR count). The van der Waals surface area contributed by atoms with Crippen molar-refractivity contribution >= 4 is 17.9 Å². The van der Waals surface area contributed by atoms with Gasteiger partial charge in [-0.2, -0.15) is 39.5 Å². The summed E-state index contributed by atoms with van der Waals surface area (Å²) in [6.07, 6.45) is -7.78. The van der Waals surface area contributed by atoms with Crippen LogP contribution in [0.1, 0.15) is 29.5 Å². The van der Waals surface area contributed by atoms with Crippen molar-refractivity contribution in [3.05, 3.63) is 29.1 Å². The topological polar surface area (TPSA) is 150 Å². The van der Waals surface area contributed by atoms with E-state index in [0.717, 1.165) is 58.7 Å². The van der Waals surface area contributed by atoms with Crippen LogP contribution in [0.5, 0.6) is 0 Å². The van der Waals surface area contributed by atoms with Crippen LogP contribution in [0.4, 0.5) is 39.5 Å². The summed E-state index contributed by atoms with van der Waals surface area (Å²) in [6, 6.07) is 0.678. The van der Waals surface area contributed by atoms with Gasteiger partial charge in [0.2, 0.25) is 0 Å². The molecule has 0 aromatic carbocycles. The van der Waals surface area contributed by atoms with Gasteiger partial charge in [0.05, 0.1) is 13.2 Å². The zero-order valence-electron chi connectivity index (χ0n) is 23.4. The van der Waals surface area contributed by atoms with E-state index in [4.69, 9.17) is 39.2 Å². The number of likely N-dealkylation sites (N-methyl/N-ethyl adjacent to an activating group) is 1. The number of aromatic nitrogens is 1. The van der Waals surface area contributed by atoms with Gasteiger partial charge in [0, 0.05) is 51.3 Å². The van der Waals surface area contributed by atoms with E-state index in [1.807, 2.05) is 12.4 Å². The van der Waals surface area contributed by atoms with Crippen molar-refractivity contribution in [2.45, 2.75) is 57.0 Å². The third-order valence-corrected chi connectivity index (χ3v) is 5.63. The second-order valence-corrected chi connectivity index (χ2v) is 9.26. The third-order valence-electron chi connectivity index (χ3n) is 5.63. The minimum atomic E-state index is -5.08. The molecule has 0 atom stereocenters. The van der Waals surface area contributed by atoms with Crippen LogP contribution in [-0.2, 0) is 43.4 Å². The van der Waals surface area contributed by atoms with Gasteiger partial charge in [0.25, 0.3) is 0 Å². The monoisotopic (exact) mass is 661 g/mol. The summed E-state index contributed by atoms with van der Waals surface area (Å²) in [5.41, 5.74) is 4.12. The zero-order valence-corrected chi connectivity index (χ0v) is 23.4. The number of pyridine rings is 1. The van der Waals surface area contributed by atoms with Crippen LogP contribution < -0.4 is 0 Å². The number of aliphatic carboxylic acids is 3. The number of carboxylic acid groups (broad SMARTS) is 3. The van der Waals surface area contributed by atoms with E-state index in [1.165, 1.54) is 16.7 Å². The highest BCUT2D eigenvalue weighted by molar-refractivity contribution is 5.73. The minimum Gasteiger partial charge on any atom is -0.475 e. The van der Waals surface area contributed by atoms with Crippen molar-refractivity contribution in [2.75, 3.05) is 47.0 Å². The normalized spacial score (nSPS) is 15.8. The number of ether oxygens (including phenoxy) is 2. The van der Waals surface area contributed by atoms with E-state index in [2.05, 4.69) is 28.9 Å². The first-order valence-corrected chi connectivity index (χ1v) is 12.5. The molecule has 0 radical (unpaired) electrons. The lowest BCUT2D eigenvalue weighted by Crippen LogP contribution is -2.42. The highest BCUT2D eigenvalue weighted by Gasteiger charge is 2.39. The fourth-order valence-corrected chi connectivity index (χ4v) is 3.51. The summed E-state index contributed by atoms with van der Waals surface area (Å²) in [5, 5.41) is 21.4. The first-order valence-electron chi connectivity index (χ1n) is 12.5. The van der Waals surface area contributed by atoms with Crippen LogP contribution in [0.2, 0.25) is 0 Å². The van der Waals surface area contributed by atoms with E-state index in [0.29, 0.717) is 12.6 Å². The predicted octanol–water partition coefficient (Wildman–Crippen LogP) is 3.60. The van der Waals surface area contributed by atoms with Crippen molar-refractivity contribution in [1.29, 1.82) is 0 Å². The van der Waals surface area contributed by atoms with Gasteiger partial charge in [-0.3, -0.25) is 9.88 Å². The molecule has 0 amide bonds. The van der Waals surface area contributed by atoms with Crippen LogP contribution in [0.25, 0.3) is 0 Å². The number of nitrogens with zero attached hydrogens (tertiary/aromatic N) is 3. The molecule has 1 fully saturated rings. The van der Waals surface area contributed by atoms with Crippen molar-refractivity contribution in [2.24, 2.45) is 0 Å². The fraction of sp³-hybridized carbons (Fsp3) is 0.667. The number of carbonyl (C=O) groups is 3. The molecule has 0 saturated carbocycles. The number of hydrogen-bond donors (Lipinski definition) is 3. The largest absolute Gasteiger partial charge is 0.490 e. The maximum absolute atomic E-state index is 10.6. The van der Waals surface area contributed by atoms with E-state index < -0.39 is 36.4 Å². The lowest BCUT2D eigenvalue weighted by atomic mass is 9.95. The Morgan fingerprint density at radius 2 is 1.36 bits per heavy atom. The molecular weight excluding hydrogens is 629 g/mol. The molecule has 11 nitrogen and oxygen atoms in total. The smallest absolute Gasteiger partial charge is 0.475 e. The molecule has 1 saturated heterocycles. The Hall–Kier alpha value is -3.23. The molecule has 254 valence electrons. The summed E-state index contributed by atoms with van der Waals surface area (Å²) >= 11 is 0. The standard InChI is InChI=1S/C18H29N3O2.3C2HF3O2/c1-20(2)7-10-23-14-16-12-19-11-15-13-21(6-3-18(15)16)17-4-8-22-9-5-17;3*3-2(4,5)1(6)7/h11-12,17H,3-10,13-14H2,1-2H3;3*(H,6,7). The summed E-state index contributed by atoms with van der Waals surface area (Å²) < 4.78 is 107. The van der Waals surface area contributed by atoms with E-state index in [9.17, 15) is 39.5 Å². The van der Waals surface area contributed by atoms with Gasteiger partial charge in [-0.25, -0.2) is 14.4 Å². The Labute approximate surface area is 245 Å². The van der Waals surface area contributed by atoms with Crippen LogP contribution in [0, 0.1) is 0 Å². The molecule has 44 heavy (non-hydrogen) atoms. The average Bonchev–Trinajstić information content (AvgIpc) is 2.90. The molecule has 0 spiro atoms. The van der Waals surface area contributed by atoms with Crippen LogP contribution in [0.3, 0.4) is 0 Å². The number of hydrogen-bond acceptors (Lipinski definition) is 8. The Balaban J connectivity index is 0.000000721. The molecule has 20 heteroatoms. The van der Waals surface area contributed by atoms with Crippen molar-refractivity contribution < 1.29 is 78.7 Å². The highest BCUT2D eigenvalue weighted by Crippen LogP contribution is 2.26. The molecule has 3 heterocycles. The molecule has 2 aliphatic heterocycles. The number of halogens is 9. The van der Waals surface area contributed by atoms with Crippen LogP contribution in [-0.4, -0.2) is 120 Å². The van der Waals surface area contributed by atoms with Gasteiger partial charge in [-0.1, -0.05) is 0 Å². The third kappa shape index (κ3) is 17.2. The molecule has 0 aliphatic carbocycles. The van der Waals surface area contributed by atoms with Crippen LogP contribution in [0.15, 0.2) is 12.4 Å². The molecule has 0 unspecified atom stereocenters. The van der Waals surface area contributed by atoms with Gasteiger partial charge in [0.1, 0.15) is 0 Å². The SMILES string of the molecule is CN(C)CCOCc1cncc2c1CCN(C1CCOCC1)C2.O=C(O)C(F)(F)F.O=C(O)C(F)(F)F.O=C(O)C(F)(F)F. The van der Waals surface area contributed by atoms with E-state index >= 15 is 0 Å². The Morgan fingerprint density at radius 1 is 0.909 bits per heavy atom. The van der Waals surface area contributed by atoms with Crippen molar-refractivity contribution in [1.82, 2.24) is 14.8 Å². The Morgan fingerprint density at radius 3 is 1.77 bits per heavy atom. The molecular formula is C24H32F9N3O8. The fourth-order valence-electron chi connectivity index (χ4n) is 3.51. The van der Waals surface area contributed by atoms with Gasteiger partial charge in [-0.15, -0.1) is 0 Å². The maximum Gasteiger partial charge on any atom is 0.490 e. The summed E-state index contributed by atoms with van der Waals surface area (Å²) in [6.45, 7) is 6.40. The zero-order chi connectivity index (χ0) is 34.3. The van der Waals surface area contributed by atoms with Crippen molar-refractivity contribution in [3.8, 4) is 0 Å². The number of alkyl halides is 9. The number of fused-ring (bicyclic) bond motifs is 1. The first kappa shape index (κ1) is 40.8. The maximum atomic E-state index is 10.6. The first-order chi connectivity index (χ1) is 20.1. The quantitative estimate of drug-likeness (QED) is 0.303. The number of carboxylic acids is 3. The van der Waals surface area contributed by atoms with Gasteiger partial charge >= 0.3 is 36.4 Å². The average molecular weight is 662 g/mol. The van der Waals surface area contributed by atoms with Crippen molar-refractivity contribution in [3.63, 3.8) is 0 Å². The summed E-state index contributed by atoms with van der Waals surface area (Å²) in [4.78, 5) is 35.9. The molecule has 0 bridgehead atoms. The molecule has 2 aliphatic rings. The lowest BCUT2D eigenvalue weighted by molar-refractivity contribution is -0.193. The van der Waals surface area contributed by atoms with Crippen LogP contribution >= 0.6 is 0 Å². The second kappa shape index (κ2) is 18.5. The second-order valence-electron chi connectivity index (χ2n) is 9.26. The molecule has 1 aromatic rings. The molecule has 3 N–H and O–H groups in total. The Bertz CT molecular complexity index is 988. The lowest BCUT2D eigenvalue weighted by Gasteiger charge is -2.37. The minimum absolute atomic E-state index is 0.678. The molecule has 1 aromatic heterocycles. The summed E-state index contributed by atoms with van der Waals surface area (Å²) in [7, 11) is 4.14. The number of rotatable bonds is 6.